The zero-order valence-electron chi connectivity index (χ0n) is 7.91. The lowest BCUT2D eigenvalue weighted by Crippen LogP contribution is -2.38. The molecule has 2 rings (SSSR count). The Morgan fingerprint density at radius 2 is 2.36 bits per heavy atom. The first-order valence-corrected chi connectivity index (χ1v) is 4.59. The van der Waals surface area contributed by atoms with Gasteiger partial charge < -0.3 is 14.6 Å². The molecule has 2 N–H and O–H groups in total. The molecule has 0 bridgehead atoms. The molecular weight excluding hydrogens is 184 g/mol. The van der Waals surface area contributed by atoms with E-state index in [-0.39, 0.29) is 6.42 Å². The van der Waals surface area contributed by atoms with E-state index < -0.39 is 11.6 Å². The number of aliphatic hydroxyl groups is 1. The smallest absolute Gasteiger partial charge is 0.340 e. The van der Waals surface area contributed by atoms with Gasteiger partial charge in [-0.1, -0.05) is 0 Å². The van der Waals surface area contributed by atoms with Crippen molar-refractivity contribution in [3.8, 4) is 0 Å². The normalized spacial score (nSPS) is 25.9. The molecule has 1 aliphatic carbocycles. The highest BCUT2D eigenvalue weighted by molar-refractivity contribution is 5.80. The number of aryl methyl sites for hydroxylation is 2. The van der Waals surface area contributed by atoms with E-state index in [4.69, 9.17) is 9.52 Å². The summed E-state index contributed by atoms with van der Waals surface area (Å²) in [5, 5.41) is 19.0. The quantitative estimate of drug-likeness (QED) is 0.707. The summed E-state index contributed by atoms with van der Waals surface area (Å²) >= 11 is 0. The Bertz CT molecular complexity index is 379. The first kappa shape index (κ1) is 9.27. The summed E-state index contributed by atoms with van der Waals surface area (Å²) in [6, 6.07) is 0. The maximum atomic E-state index is 11.0. The second-order valence-corrected chi connectivity index (χ2v) is 3.74. The predicted octanol–water partition coefficient (Wildman–Crippen LogP) is 1.20. The van der Waals surface area contributed by atoms with E-state index in [1.165, 1.54) is 6.26 Å². The highest BCUT2D eigenvalue weighted by atomic mass is 16.4. The average molecular weight is 196 g/mol. The molecule has 0 amide bonds. The first-order valence-electron chi connectivity index (χ1n) is 4.59. The largest absolute Gasteiger partial charge is 0.479 e. The lowest BCUT2D eigenvalue weighted by atomic mass is 9.81. The first-order chi connectivity index (χ1) is 6.55. The van der Waals surface area contributed by atoms with Crippen molar-refractivity contribution < 1.29 is 19.4 Å². The second-order valence-electron chi connectivity index (χ2n) is 3.74. The Labute approximate surface area is 81.2 Å². The summed E-state index contributed by atoms with van der Waals surface area (Å²) < 4.78 is 5.21. The number of aliphatic carboxylic acids is 1. The molecule has 0 saturated heterocycles. The van der Waals surface area contributed by atoms with Crippen molar-refractivity contribution in [3.05, 3.63) is 23.2 Å². The van der Waals surface area contributed by atoms with Crippen LogP contribution in [0.15, 0.2) is 10.7 Å². The minimum Gasteiger partial charge on any atom is -0.479 e. The van der Waals surface area contributed by atoms with Crippen LogP contribution in [0, 0.1) is 6.92 Å². The summed E-state index contributed by atoms with van der Waals surface area (Å²) in [6.07, 6.45) is 3.11. The van der Waals surface area contributed by atoms with Gasteiger partial charge >= 0.3 is 5.97 Å². The van der Waals surface area contributed by atoms with Crippen LogP contribution in [-0.2, 0) is 16.8 Å². The number of carboxylic acid groups (broad SMARTS) is 1. The SMILES string of the molecule is Cc1coc2c1C(O)(C(=O)O)CCC2. The number of rotatable bonds is 1. The van der Waals surface area contributed by atoms with Crippen LogP contribution >= 0.6 is 0 Å². The summed E-state index contributed by atoms with van der Waals surface area (Å²) in [7, 11) is 0. The fraction of sp³-hybridized carbons (Fsp3) is 0.500. The van der Waals surface area contributed by atoms with Gasteiger partial charge in [0.05, 0.1) is 6.26 Å². The molecule has 4 heteroatoms. The molecule has 1 unspecified atom stereocenters. The van der Waals surface area contributed by atoms with Gasteiger partial charge in [0, 0.05) is 12.0 Å². The summed E-state index contributed by atoms with van der Waals surface area (Å²) in [6.45, 7) is 1.75. The van der Waals surface area contributed by atoms with Gasteiger partial charge in [-0.2, -0.15) is 0 Å². The average Bonchev–Trinajstić information content (AvgIpc) is 2.49. The van der Waals surface area contributed by atoms with Crippen LogP contribution in [0.4, 0.5) is 0 Å². The fourth-order valence-corrected chi connectivity index (χ4v) is 2.08. The summed E-state index contributed by atoms with van der Waals surface area (Å²) in [4.78, 5) is 11.0. The molecule has 0 radical (unpaired) electrons. The van der Waals surface area contributed by atoms with Gasteiger partial charge in [-0.25, -0.2) is 4.79 Å². The molecule has 0 saturated carbocycles. The van der Waals surface area contributed by atoms with Crippen LogP contribution < -0.4 is 0 Å². The van der Waals surface area contributed by atoms with Crippen molar-refractivity contribution in [1.29, 1.82) is 0 Å². The van der Waals surface area contributed by atoms with Gasteiger partial charge in [-0.15, -0.1) is 0 Å². The van der Waals surface area contributed by atoms with E-state index in [1.54, 1.807) is 6.92 Å². The molecule has 0 aromatic carbocycles. The van der Waals surface area contributed by atoms with Gasteiger partial charge in [-0.05, 0) is 25.3 Å². The minimum absolute atomic E-state index is 0.260. The molecule has 1 aromatic rings. The van der Waals surface area contributed by atoms with Gasteiger partial charge in [0.25, 0.3) is 0 Å². The molecule has 0 fully saturated rings. The number of hydrogen-bond acceptors (Lipinski definition) is 3. The third kappa shape index (κ3) is 1.07. The number of furan rings is 1. The number of carboxylic acids is 1. The van der Waals surface area contributed by atoms with E-state index in [0.29, 0.717) is 29.7 Å². The van der Waals surface area contributed by atoms with Crippen molar-refractivity contribution in [3.63, 3.8) is 0 Å². The maximum absolute atomic E-state index is 11.0. The lowest BCUT2D eigenvalue weighted by molar-refractivity contribution is -0.161. The molecule has 1 aliphatic rings. The van der Waals surface area contributed by atoms with Gasteiger partial charge in [-0.3, -0.25) is 0 Å². The van der Waals surface area contributed by atoms with E-state index in [2.05, 4.69) is 0 Å². The fourth-order valence-electron chi connectivity index (χ4n) is 2.08. The van der Waals surface area contributed by atoms with E-state index >= 15 is 0 Å². The number of fused-ring (bicyclic) bond motifs is 1. The molecule has 0 aliphatic heterocycles. The molecule has 14 heavy (non-hydrogen) atoms. The molecular formula is C10H12O4. The molecule has 4 nitrogen and oxygen atoms in total. The third-order valence-corrected chi connectivity index (χ3v) is 2.76. The van der Waals surface area contributed by atoms with Crippen LogP contribution in [-0.4, -0.2) is 16.2 Å². The van der Waals surface area contributed by atoms with Crippen LogP contribution in [0.5, 0.6) is 0 Å². The zero-order chi connectivity index (χ0) is 10.3. The van der Waals surface area contributed by atoms with E-state index in [9.17, 15) is 9.90 Å². The Morgan fingerprint density at radius 3 is 3.00 bits per heavy atom. The highest BCUT2D eigenvalue weighted by Crippen LogP contribution is 2.38. The Kier molecular flexibility index (Phi) is 1.89. The Morgan fingerprint density at radius 1 is 1.64 bits per heavy atom. The molecule has 76 valence electrons. The highest BCUT2D eigenvalue weighted by Gasteiger charge is 2.44. The zero-order valence-corrected chi connectivity index (χ0v) is 7.91. The standard InChI is InChI=1S/C10H12O4/c1-6-5-14-7-3-2-4-10(13,8(6)7)9(11)12/h5,13H,2-4H2,1H3,(H,11,12). The molecule has 0 spiro atoms. The van der Waals surface area contributed by atoms with Crippen LogP contribution in [0.25, 0.3) is 0 Å². The monoisotopic (exact) mass is 196 g/mol. The lowest BCUT2D eigenvalue weighted by Gasteiger charge is -2.27. The van der Waals surface area contributed by atoms with Gasteiger partial charge in [0.15, 0.2) is 5.60 Å². The van der Waals surface area contributed by atoms with Crippen LogP contribution in [0.2, 0.25) is 0 Å². The Hall–Kier alpha value is -1.29. The van der Waals surface area contributed by atoms with Crippen molar-refractivity contribution in [2.75, 3.05) is 0 Å². The third-order valence-electron chi connectivity index (χ3n) is 2.76. The molecule has 1 aromatic heterocycles. The topological polar surface area (TPSA) is 70.7 Å². The van der Waals surface area contributed by atoms with Crippen molar-refractivity contribution in [2.45, 2.75) is 31.8 Å². The summed E-state index contributed by atoms with van der Waals surface area (Å²) in [5.41, 5.74) is -0.578. The van der Waals surface area contributed by atoms with Crippen molar-refractivity contribution in [2.24, 2.45) is 0 Å². The Balaban J connectivity index is 2.59. The number of carbonyl (C=O) groups is 1. The molecule has 1 atom stereocenters. The van der Waals surface area contributed by atoms with Crippen molar-refractivity contribution in [1.82, 2.24) is 0 Å². The van der Waals surface area contributed by atoms with Gasteiger partial charge in [0.2, 0.25) is 0 Å². The van der Waals surface area contributed by atoms with Gasteiger partial charge in [0.1, 0.15) is 5.76 Å². The molecule has 1 heterocycles. The number of hydrogen-bond donors (Lipinski definition) is 2. The van der Waals surface area contributed by atoms with E-state index in [0.717, 1.165) is 0 Å². The van der Waals surface area contributed by atoms with E-state index in [1.807, 2.05) is 0 Å². The van der Waals surface area contributed by atoms with Crippen molar-refractivity contribution >= 4 is 5.97 Å². The van der Waals surface area contributed by atoms with Crippen LogP contribution in [0.3, 0.4) is 0 Å². The summed E-state index contributed by atoms with van der Waals surface area (Å²) in [5.74, 6) is -0.582. The maximum Gasteiger partial charge on any atom is 0.340 e. The van der Waals surface area contributed by atoms with Crippen LogP contribution in [0.1, 0.15) is 29.7 Å². The second kappa shape index (κ2) is 2.85. The minimum atomic E-state index is -1.75. The predicted molar refractivity (Wildman–Crippen MR) is 47.9 cm³/mol.